The molecule has 1 N–H and O–H groups in total. The average molecular weight is 301 g/mol. The van der Waals surface area contributed by atoms with Gasteiger partial charge < -0.3 is 10.1 Å². The number of rotatable bonds is 4. The number of methoxy groups -OCH3 is 1. The molecule has 2 aromatic rings. The maximum absolute atomic E-state index is 12.2. The van der Waals surface area contributed by atoms with Crippen molar-refractivity contribution in [3.05, 3.63) is 45.6 Å². The summed E-state index contributed by atoms with van der Waals surface area (Å²) in [6.45, 7) is 0. The first-order chi connectivity index (χ1) is 10.5. The number of nitrogens with zero attached hydrogens (tertiary/aromatic N) is 4. The van der Waals surface area contributed by atoms with E-state index in [2.05, 4.69) is 10.4 Å². The van der Waals surface area contributed by atoms with Gasteiger partial charge in [0.2, 0.25) is 0 Å². The molecule has 9 nitrogen and oxygen atoms in total. The predicted octanol–water partition coefficient (Wildman–Crippen LogP) is 1.46. The fourth-order valence-corrected chi connectivity index (χ4v) is 1.82. The fraction of sp³-hybridized carbons (Fsp3) is 0.154. The van der Waals surface area contributed by atoms with Crippen LogP contribution < -0.4 is 10.1 Å². The number of ether oxygens (including phenoxy) is 1. The third-order valence-electron chi connectivity index (χ3n) is 2.93. The predicted molar refractivity (Wildman–Crippen MR) is 75.5 cm³/mol. The monoisotopic (exact) mass is 301 g/mol. The van der Waals surface area contributed by atoms with Gasteiger partial charge in [0.1, 0.15) is 17.5 Å². The Morgan fingerprint density at radius 1 is 1.55 bits per heavy atom. The van der Waals surface area contributed by atoms with Crippen LogP contribution in [0.4, 0.5) is 11.5 Å². The average Bonchev–Trinajstić information content (AvgIpc) is 2.86. The van der Waals surface area contributed by atoms with Crippen LogP contribution >= 0.6 is 0 Å². The molecular formula is C13H11N5O4. The molecule has 1 amide bonds. The molecule has 1 aromatic carbocycles. The first kappa shape index (κ1) is 15.0. The lowest BCUT2D eigenvalue weighted by Crippen LogP contribution is -2.15. The van der Waals surface area contributed by atoms with E-state index < -0.39 is 10.8 Å². The highest BCUT2D eigenvalue weighted by Crippen LogP contribution is 2.28. The van der Waals surface area contributed by atoms with Gasteiger partial charge in [-0.15, -0.1) is 0 Å². The van der Waals surface area contributed by atoms with Gasteiger partial charge in [0, 0.05) is 18.7 Å². The number of nitro groups is 1. The van der Waals surface area contributed by atoms with E-state index >= 15 is 0 Å². The molecule has 9 heteroatoms. The number of anilines is 1. The Kier molecular flexibility index (Phi) is 4.04. The van der Waals surface area contributed by atoms with Crippen molar-refractivity contribution in [3.8, 4) is 11.8 Å². The number of nitrogens with one attached hydrogen (secondary N) is 1. The second kappa shape index (κ2) is 5.92. The number of hydrogen-bond donors (Lipinski definition) is 1. The van der Waals surface area contributed by atoms with Crippen LogP contribution in [0.3, 0.4) is 0 Å². The number of aryl methyl sites for hydroxylation is 1. The van der Waals surface area contributed by atoms with Crippen LogP contribution in [0.15, 0.2) is 24.4 Å². The van der Waals surface area contributed by atoms with Crippen molar-refractivity contribution in [1.82, 2.24) is 9.78 Å². The number of nitro benzene ring substituents is 1. The van der Waals surface area contributed by atoms with E-state index in [0.29, 0.717) is 0 Å². The van der Waals surface area contributed by atoms with Crippen LogP contribution in [0, 0.1) is 21.4 Å². The summed E-state index contributed by atoms with van der Waals surface area (Å²) in [4.78, 5) is 22.5. The van der Waals surface area contributed by atoms with E-state index in [-0.39, 0.29) is 28.4 Å². The molecule has 2 rings (SSSR count). The molecule has 0 spiro atoms. The number of aromatic nitrogens is 2. The van der Waals surface area contributed by atoms with Crippen LogP contribution in [0.5, 0.6) is 5.75 Å². The van der Waals surface area contributed by atoms with Gasteiger partial charge in [0.25, 0.3) is 5.91 Å². The fourth-order valence-electron chi connectivity index (χ4n) is 1.82. The minimum absolute atomic E-state index is 0.0554. The molecule has 0 saturated carbocycles. The minimum Gasteiger partial charge on any atom is -0.490 e. The second-order valence-electron chi connectivity index (χ2n) is 4.24. The first-order valence-electron chi connectivity index (χ1n) is 6.03. The molecule has 0 aliphatic carbocycles. The third kappa shape index (κ3) is 2.71. The normalized spacial score (nSPS) is 9.86. The molecule has 0 atom stereocenters. The van der Waals surface area contributed by atoms with Crippen LogP contribution in [0.2, 0.25) is 0 Å². The highest BCUT2D eigenvalue weighted by molar-refractivity contribution is 6.05. The van der Waals surface area contributed by atoms with Gasteiger partial charge in [-0.1, -0.05) is 0 Å². The highest BCUT2D eigenvalue weighted by Gasteiger charge is 2.19. The minimum atomic E-state index is -0.638. The molecule has 0 saturated heterocycles. The van der Waals surface area contributed by atoms with Crippen molar-refractivity contribution in [3.63, 3.8) is 0 Å². The van der Waals surface area contributed by atoms with Crippen molar-refractivity contribution < 1.29 is 14.5 Å². The summed E-state index contributed by atoms with van der Waals surface area (Å²) < 4.78 is 6.20. The van der Waals surface area contributed by atoms with Gasteiger partial charge in [0.15, 0.2) is 5.75 Å². The molecule has 0 aliphatic rings. The summed E-state index contributed by atoms with van der Waals surface area (Å²) in [6.07, 6.45) is 1.31. The Morgan fingerprint density at radius 3 is 2.86 bits per heavy atom. The Balaban J connectivity index is 2.34. The second-order valence-corrected chi connectivity index (χ2v) is 4.24. The third-order valence-corrected chi connectivity index (χ3v) is 2.93. The largest absolute Gasteiger partial charge is 0.490 e. The molecular weight excluding hydrogens is 290 g/mol. The molecule has 1 aromatic heterocycles. The van der Waals surface area contributed by atoms with E-state index in [0.717, 1.165) is 6.07 Å². The maximum Gasteiger partial charge on any atom is 0.311 e. The zero-order chi connectivity index (χ0) is 16.3. The Labute approximate surface area is 124 Å². The van der Waals surface area contributed by atoms with Crippen LogP contribution in [0.25, 0.3) is 0 Å². The van der Waals surface area contributed by atoms with Crippen molar-refractivity contribution in [2.24, 2.45) is 7.05 Å². The smallest absolute Gasteiger partial charge is 0.311 e. The van der Waals surface area contributed by atoms with Crippen molar-refractivity contribution in [1.29, 1.82) is 5.26 Å². The lowest BCUT2D eigenvalue weighted by Gasteiger charge is -2.07. The van der Waals surface area contributed by atoms with Gasteiger partial charge in [-0.2, -0.15) is 10.4 Å². The Morgan fingerprint density at radius 2 is 2.27 bits per heavy atom. The number of amides is 1. The van der Waals surface area contributed by atoms with Crippen LogP contribution in [-0.2, 0) is 7.05 Å². The van der Waals surface area contributed by atoms with Crippen molar-refractivity contribution in [2.75, 3.05) is 12.4 Å². The van der Waals surface area contributed by atoms with Crippen LogP contribution in [-0.4, -0.2) is 27.7 Å². The highest BCUT2D eigenvalue weighted by atomic mass is 16.6. The lowest BCUT2D eigenvalue weighted by molar-refractivity contribution is -0.385. The number of nitriles is 1. The van der Waals surface area contributed by atoms with E-state index in [9.17, 15) is 14.9 Å². The standard InChI is InChI=1S/C13H11N5O4/c1-17-12(9(6-14)7-15-17)16-13(19)8-3-4-11(22-2)10(5-8)18(20)21/h3-5,7H,1-2H3,(H,16,19). The molecule has 0 radical (unpaired) electrons. The van der Waals surface area contributed by atoms with E-state index in [1.807, 2.05) is 6.07 Å². The quantitative estimate of drug-likeness (QED) is 0.673. The summed E-state index contributed by atoms with van der Waals surface area (Å²) in [5.74, 6) is -0.323. The van der Waals surface area contributed by atoms with E-state index in [4.69, 9.17) is 10.00 Å². The van der Waals surface area contributed by atoms with Crippen LogP contribution in [0.1, 0.15) is 15.9 Å². The number of carbonyl (C=O) groups excluding carboxylic acids is 1. The first-order valence-corrected chi connectivity index (χ1v) is 6.03. The molecule has 0 unspecified atom stereocenters. The van der Waals surface area contributed by atoms with Crippen molar-refractivity contribution in [2.45, 2.75) is 0 Å². The number of benzene rings is 1. The summed E-state index contributed by atoms with van der Waals surface area (Å²) in [6, 6.07) is 5.73. The molecule has 0 fully saturated rings. The molecule has 0 aliphatic heterocycles. The molecule has 1 heterocycles. The Hall–Kier alpha value is -3.41. The van der Waals surface area contributed by atoms with Gasteiger partial charge in [-0.25, -0.2) is 0 Å². The molecule has 22 heavy (non-hydrogen) atoms. The van der Waals surface area contributed by atoms with Gasteiger partial charge in [-0.3, -0.25) is 19.6 Å². The number of carbonyl (C=O) groups is 1. The van der Waals surface area contributed by atoms with Gasteiger partial charge in [-0.05, 0) is 12.1 Å². The van der Waals surface area contributed by atoms with Gasteiger partial charge in [0.05, 0.1) is 18.2 Å². The SMILES string of the molecule is COc1ccc(C(=O)Nc2c(C#N)cnn2C)cc1[N+](=O)[O-]. The zero-order valence-electron chi connectivity index (χ0n) is 11.7. The van der Waals surface area contributed by atoms with Crippen molar-refractivity contribution >= 4 is 17.4 Å². The summed E-state index contributed by atoms with van der Waals surface area (Å²) >= 11 is 0. The Bertz CT molecular complexity index is 790. The topological polar surface area (TPSA) is 123 Å². The zero-order valence-corrected chi connectivity index (χ0v) is 11.7. The summed E-state index contributed by atoms with van der Waals surface area (Å²) in [7, 11) is 2.86. The molecule has 0 bridgehead atoms. The maximum atomic E-state index is 12.2. The van der Waals surface area contributed by atoms with E-state index in [1.54, 1.807) is 7.05 Å². The number of hydrogen-bond acceptors (Lipinski definition) is 6. The summed E-state index contributed by atoms with van der Waals surface area (Å²) in [5.41, 5.74) is -0.0582. The summed E-state index contributed by atoms with van der Waals surface area (Å²) in [5, 5.41) is 26.3. The van der Waals surface area contributed by atoms with Gasteiger partial charge >= 0.3 is 5.69 Å². The lowest BCUT2D eigenvalue weighted by atomic mass is 10.1. The van der Waals surface area contributed by atoms with E-state index in [1.165, 1.54) is 30.1 Å². The molecule has 112 valence electrons.